The summed E-state index contributed by atoms with van der Waals surface area (Å²) in [7, 11) is 6.29. The standard InChI is InChI=1S/C32H41BrN2O8/c1-18(2)43-32(37)35-23(14-19(3)33)30(36)34-24(31(35)41-8)15-22-26(25(34)17-42-16-21-12-10-9-11-13-21)29(40-7)28(39-6)20(4)27(22)38-5/h9-13,18,23-25,31H,3,14-17H2,1-2,4-8H3/t23-,24-,25-,31+/m0/s1. The second kappa shape index (κ2) is 14.0. The topological polar surface area (TPSA) is 96.0 Å². The van der Waals surface area contributed by atoms with Crippen LogP contribution in [0, 0.1) is 6.92 Å². The molecule has 0 saturated carbocycles. The van der Waals surface area contributed by atoms with E-state index >= 15 is 0 Å². The van der Waals surface area contributed by atoms with E-state index in [1.54, 1.807) is 40.1 Å². The average Bonchev–Trinajstić information content (AvgIpc) is 2.97. The van der Waals surface area contributed by atoms with Crippen LogP contribution < -0.4 is 14.2 Å². The van der Waals surface area contributed by atoms with E-state index in [1.807, 2.05) is 37.3 Å². The van der Waals surface area contributed by atoms with Crippen molar-refractivity contribution in [2.45, 2.75) is 70.7 Å². The molecule has 0 spiro atoms. The van der Waals surface area contributed by atoms with Gasteiger partial charge in [0.15, 0.2) is 17.7 Å². The van der Waals surface area contributed by atoms with Crippen LogP contribution in [-0.2, 0) is 32.0 Å². The SMILES string of the molecule is C=C(Br)C[C@H]1C(=O)N2[C@@H](COCc3ccccc3)c3c(c(OC)c(C)c(OC)c3OC)C[C@H]2[C@@H](OC)N1C(=O)OC(C)C. The third-order valence-electron chi connectivity index (χ3n) is 7.85. The molecule has 234 valence electrons. The van der Waals surface area contributed by atoms with Gasteiger partial charge in [0, 0.05) is 36.6 Å². The van der Waals surface area contributed by atoms with Crippen LogP contribution in [0.4, 0.5) is 4.79 Å². The van der Waals surface area contributed by atoms with Crippen LogP contribution >= 0.6 is 15.9 Å². The Kier molecular flexibility index (Phi) is 10.6. The summed E-state index contributed by atoms with van der Waals surface area (Å²) in [5.74, 6) is 1.37. The molecule has 1 saturated heterocycles. The number of carbonyl (C=O) groups excluding carboxylic acids is 2. The van der Waals surface area contributed by atoms with Gasteiger partial charge in [-0.15, -0.1) is 0 Å². The lowest BCUT2D eigenvalue weighted by Gasteiger charge is -2.54. The smallest absolute Gasteiger partial charge is 0.412 e. The molecule has 0 aromatic heterocycles. The summed E-state index contributed by atoms with van der Waals surface area (Å²) in [6.07, 6.45) is -1.36. The van der Waals surface area contributed by atoms with Crippen LogP contribution in [0.3, 0.4) is 0 Å². The fourth-order valence-corrected chi connectivity index (χ4v) is 6.54. The summed E-state index contributed by atoms with van der Waals surface area (Å²) in [6.45, 7) is 9.87. The molecule has 2 amide bonds. The van der Waals surface area contributed by atoms with Gasteiger partial charge >= 0.3 is 6.09 Å². The lowest BCUT2D eigenvalue weighted by molar-refractivity contribution is -0.180. The fraction of sp³-hybridized carbons (Fsp3) is 0.500. The number of rotatable bonds is 11. The minimum Gasteiger partial charge on any atom is -0.496 e. The van der Waals surface area contributed by atoms with Crippen LogP contribution in [-0.4, -0.2) is 81.3 Å². The van der Waals surface area contributed by atoms with Crippen molar-refractivity contribution in [2.75, 3.05) is 35.0 Å². The normalized spacial score (nSPS) is 21.3. The van der Waals surface area contributed by atoms with Crippen LogP contribution in [0.15, 0.2) is 41.4 Å². The van der Waals surface area contributed by atoms with Crippen molar-refractivity contribution in [1.82, 2.24) is 9.80 Å². The van der Waals surface area contributed by atoms with Gasteiger partial charge in [-0.1, -0.05) is 52.8 Å². The summed E-state index contributed by atoms with van der Waals surface area (Å²) in [5, 5.41) is 0. The Morgan fingerprint density at radius 2 is 1.67 bits per heavy atom. The molecular formula is C32H41BrN2O8. The van der Waals surface area contributed by atoms with Gasteiger partial charge in [0.2, 0.25) is 5.91 Å². The minimum atomic E-state index is -0.933. The number of benzene rings is 2. The molecular weight excluding hydrogens is 620 g/mol. The monoisotopic (exact) mass is 660 g/mol. The zero-order valence-corrected chi connectivity index (χ0v) is 27.4. The Bertz CT molecular complexity index is 1330. The Morgan fingerprint density at radius 1 is 1.02 bits per heavy atom. The maximum absolute atomic E-state index is 14.6. The third kappa shape index (κ3) is 6.34. The summed E-state index contributed by atoms with van der Waals surface area (Å²) < 4.78 is 36.2. The Hall–Kier alpha value is -3.28. The number of fused-ring (bicyclic) bond motifs is 2. The van der Waals surface area contributed by atoms with Crippen molar-refractivity contribution >= 4 is 27.9 Å². The molecule has 2 aliphatic heterocycles. The molecule has 4 atom stereocenters. The maximum Gasteiger partial charge on any atom is 0.412 e. The number of amides is 2. The highest BCUT2D eigenvalue weighted by molar-refractivity contribution is 9.11. The molecule has 1 fully saturated rings. The number of piperazine rings is 1. The Labute approximate surface area is 261 Å². The maximum atomic E-state index is 14.6. The first-order chi connectivity index (χ1) is 20.6. The summed E-state index contributed by atoms with van der Waals surface area (Å²) in [5.41, 5.74) is 3.34. The molecule has 2 aliphatic rings. The van der Waals surface area contributed by atoms with E-state index in [2.05, 4.69) is 22.5 Å². The average molecular weight is 662 g/mol. The third-order valence-corrected chi connectivity index (χ3v) is 8.18. The van der Waals surface area contributed by atoms with E-state index in [-0.39, 0.29) is 18.9 Å². The Morgan fingerprint density at radius 3 is 2.23 bits per heavy atom. The van der Waals surface area contributed by atoms with E-state index < -0.39 is 36.6 Å². The van der Waals surface area contributed by atoms with E-state index in [4.69, 9.17) is 28.4 Å². The van der Waals surface area contributed by atoms with Gasteiger partial charge < -0.3 is 33.3 Å². The minimum absolute atomic E-state index is 0.144. The summed E-state index contributed by atoms with van der Waals surface area (Å²) in [6, 6.07) is 7.68. The zero-order chi connectivity index (χ0) is 31.4. The first kappa shape index (κ1) is 32.6. The van der Waals surface area contributed by atoms with Crippen LogP contribution in [0.1, 0.15) is 48.6 Å². The van der Waals surface area contributed by atoms with Gasteiger partial charge in [0.1, 0.15) is 11.8 Å². The number of hydrogen-bond donors (Lipinski definition) is 0. The van der Waals surface area contributed by atoms with Crippen molar-refractivity contribution in [3.8, 4) is 17.2 Å². The molecule has 2 heterocycles. The van der Waals surface area contributed by atoms with Crippen molar-refractivity contribution in [3.63, 3.8) is 0 Å². The van der Waals surface area contributed by atoms with Gasteiger partial charge in [0.25, 0.3) is 0 Å². The molecule has 0 radical (unpaired) electrons. The second-order valence-corrected chi connectivity index (χ2v) is 12.0. The molecule has 0 aliphatic carbocycles. The van der Waals surface area contributed by atoms with Gasteiger partial charge in [-0.3, -0.25) is 9.69 Å². The van der Waals surface area contributed by atoms with Crippen molar-refractivity contribution in [1.29, 1.82) is 0 Å². The first-order valence-corrected chi connectivity index (χ1v) is 15.0. The van der Waals surface area contributed by atoms with Crippen molar-refractivity contribution < 1.29 is 38.0 Å². The molecule has 0 bridgehead atoms. The number of halogens is 1. The molecule has 0 unspecified atom stereocenters. The largest absolute Gasteiger partial charge is 0.496 e. The first-order valence-electron chi connectivity index (χ1n) is 14.2. The van der Waals surface area contributed by atoms with Crippen molar-refractivity contribution in [3.05, 3.63) is 63.6 Å². The van der Waals surface area contributed by atoms with Gasteiger partial charge in [0.05, 0.1) is 52.7 Å². The second-order valence-electron chi connectivity index (χ2n) is 10.9. The number of ether oxygens (including phenoxy) is 6. The van der Waals surface area contributed by atoms with Crippen LogP contribution in [0.2, 0.25) is 0 Å². The van der Waals surface area contributed by atoms with Crippen LogP contribution in [0.5, 0.6) is 17.2 Å². The summed E-state index contributed by atoms with van der Waals surface area (Å²) in [4.78, 5) is 31.3. The fourth-order valence-electron chi connectivity index (χ4n) is 6.23. The molecule has 2 aromatic rings. The highest BCUT2D eigenvalue weighted by atomic mass is 79.9. The highest BCUT2D eigenvalue weighted by Crippen LogP contribution is 2.52. The number of methoxy groups -OCH3 is 4. The van der Waals surface area contributed by atoms with E-state index in [0.29, 0.717) is 34.8 Å². The van der Waals surface area contributed by atoms with Gasteiger partial charge in [-0.2, -0.15) is 0 Å². The lowest BCUT2D eigenvalue weighted by atomic mass is 9.82. The zero-order valence-electron chi connectivity index (χ0n) is 25.8. The molecule has 4 rings (SSSR count). The number of hydrogen-bond acceptors (Lipinski definition) is 8. The number of carbonyl (C=O) groups is 2. The summed E-state index contributed by atoms with van der Waals surface area (Å²) >= 11 is 3.41. The predicted octanol–water partition coefficient (Wildman–Crippen LogP) is 5.53. The van der Waals surface area contributed by atoms with E-state index in [0.717, 1.165) is 22.3 Å². The number of nitrogens with zero attached hydrogens (tertiary/aromatic N) is 2. The van der Waals surface area contributed by atoms with Crippen LogP contribution in [0.25, 0.3) is 0 Å². The van der Waals surface area contributed by atoms with Crippen molar-refractivity contribution in [2.24, 2.45) is 0 Å². The highest BCUT2D eigenvalue weighted by Gasteiger charge is 2.55. The Balaban J connectivity index is 1.91. The van der Waals surface area contributed by atoms with Gasteiger partial charge in [-0.25, -0.2) is 4.79 Å². The van der Waals surface area contributed by atoms with E-state index in [1.165, 1.54) is 12.0 Å². The predicted molar refractivity (Wildman–Crippen MR) is 165 cm³/mol. The molecule has 10 nitrogen and oxygen atoms in total. The molecule has 11 heteroatoms. The quantitative estimate of drug-likeness (QED) is 0.310. The lowest BCUT2D eigenvalue weighted by Crippen LogP contribution is -2.71. The molecule has 2 aromatic carbocycles. The van der Waals surface area contributed by atoms with Gasteiger partial charge in [-0.05, 0) is 30.8 Å². The van der Waals surface area contributed by atoms with E-state index in [9.17, 15) is 9.59 Å². The molecule has 0 N–H and O–H groups in total. The molecule has 43 heavy (non-hydrogen) atoms.